The number of ether oxygens (including phenoxy) is 1. The smallest absolute Gasteiger partial charge is 0.351 e. The Kier molecular flexibility index (Phi) is 6.15. The molecule has 14 heteroatoms. The highest BCUT2D eigenvalue weighted by molar-refractivity contribution is 5.84. The first-order chi connectivity index (χ1) is 10.3. The van der Waals surface area contributed by atoms with Gasteiger partial charge in [-0.2, -0.15) is 48.3 Å². The SMILES string of the molecule is CC(C)CNC(=O)[C@](F)(OC(F)(F)C(F)(F)C(F)(F)F)C(F)(F)F. The second-order valence-corrected chi connectivity index (χ2v) is 4.89. The monoisotopic (exact) mass is 385 g/mol. The van der Waals surface area contributed by atoms with Gasteiger partial charge in [0.25, 0.3) is 5.91 Å². The molecule has 0 aromatic carbocycles. The zero-order valence-electron chi connectivity index (χ0n) is 11.8. The van der Waals surface area contributed by atoms with Crippen molar-refractivity contribution in [3.8, 4) is 0 Å². The second-order valence-electron chi connectivity index (χ2n) is 4.89. The minimum atomic E-state index is -7.19. The van der Waals surface area contributed by atoms with Gasteiger partial charge < -0.3 is 5.32 Å². The molecule has 0 fully saturated rings. The maximum absolute atomic E-state index is 13.6. The van der Waals surface area contributed by atoms with Crippen molar-refractivity contribution in [3.63, 3.8) is 0 Å². The van der Waals surface area contributed by atoms with Gasteiger partial charge in [-0.3, -0.25) is 9.53 Å². The summed E-state index contributed by atoms with van der Waals surface area (Å²) in [7, 11) is 0. The van der Waals surface area contributed by atoms with Crippen LogP contribution in [0.1, 0.15) is 13.8 Å². The van der Waals surface area contributed by atoms with Crippen LogP contribution in [0, 0.1) is 5.92 Å². The van der Waals surface area contributed by atoms with Crippen molar-refractivity contribution in [2.45, 2.75) is 44.1 Å². The number of nitrogens with one attached hydrogen (secondary N) is 1. The lowest BCUT2D eigenvalue weighted by molar-refractivity contribution is -0.473. The Labute approximate surface area is 127 Å². The molecule has 0 aliphatic heterocycles. The molecule has 0 saturated carbocycles. The molecule has 0 saturated heterocycles. The largest absolute Gasteiger partial charge is 0.462 e. The fourth-order valence-corrected chi connectivity index (χ4v) is 1.05. The number of halogens is 11. The van der Waals surface area contributed by atoms with Crippen molar-refractivity contribution < 1.29 is 57.8 Å². The Morgan fingerprint density at radius 1 is 0.875 bits per heavy atom. The Bertz CT molecular complexity index is 457. The van der Waals surface area contributed by atoms with E-state index in [1.807, 2.05) is 0 Å². The van der Waals surface area contributed by atoms with Crippen molar-refractivity contribution in [1.82, 2.24) is 5.32 Å². The van der Waals surface area contributed by atoms with Crippen LogP contribution in [0.4, 0.5) is 48.3 Å². The van der Waals surface area contributed by atoms with Gasteiger partial charge in [0.05, 0.1) is 0 Å². The molecule has 0 bridgehead atoms. The van der Waals surface area contributed by atoms with Crippen LogP contribution in [0.2, 0.25) is 0 Å². The summed E-state index contributed by atoms with van der Waals surface area (Å²) in [6, 6.07) is 0. The Hall–Kier alpha value is -1.34. The maximum Gasteiger partial charge on any atom is 0.462 e. The molecule has 0 heterocycles. The highest BCUT2D eigenvalue weighted by atomic mass is 19.4. The van der Waals surface area contributed by atoms with Gasteiger partial charge in [0, 0.05) is 6.54 Å². The van der Waals surface area contributed by atoms with Gasteiger partial charge >= 0.3 is 30.2 Å². The summed E-state index contributed by atoms with van der Waals surface area (Å²) in [4.78, 5) is 11.1. The molecule has 0 aromatic rings. The van der Waals surface area contributed by atoms with Crippen LogP contribution in [0.5, 0.6) is 0 Å². The lowest BCUT2D eigenvalue weighted by Crippen LogP contribution is -2.63. The van der Waals surface area contributed by atoms with Crippen molar-refractivity contribution in [2.24, 2.45) is 5.92 Å². The van der Waals surface area contributed by atoms with Crippen LogP contribution in [-0.2, 0) is 9.53 Å². The van der Waals surface area contributed by atoms with E-state index in [4.69, 9.17) is 0 Å². The third kappa shape index (κ3) is 4.39. The topological polar surface area (TPSA) is 38.3 Å². The van der Waals surface area contributed by atoms with E-state index in [0.717, 1.165) is 5.32 Å². The third-order valence-corrected chi connectivity index (χ3v) is 2.32. The van der Waals surface area contributed by atoms with E-state index in [0.29, 0.717) is 0 Å². The zero-order chi connectivity index (χ0) is 19.8. The maximum atomic E-state index is 13.6. The number of alkyl halides is 11. The van der Waals surface area contributed by atoms with E-state index in [1.54, 1.807) is 0 Å². The molecule has 3 nitrogen and oxygen atoms in total. The van der Waals surface area contributed by atoms with Crippen molar-refractivity contribution in [1.29, 1.82) is 0 Å². The van der Waals surface area contributed by atoms with Crippen LogP contribution in [0.25, 0.3) is 0 Å². The van der Waals surface area contributed by atoms with Crippen molar-refractivity contribution in [2.75, 3.05) is 6.54 Å². The molecule has 0 rings (SSSR count). The van der Waals surface area contributed by atoms with Crippen molar-refractivity contribution in [3.05, 3.63) is 0 Å². The number of amides is 1. The summed E-state index contributed by atoms with van der Waals surface area (Å²) >= 11 is 0. The lowest BCUT2D eigenvalue weighted by atomic mass is 10.2. The molecule has 24 heavy (non-hydrogen) atoms. The van der Waals surface area contributed by atoms with Crippen molar-refractivity contribution >= 4 is 5.91 Å². The fraction of sp³-hybridized carbons (Fsp3) is 0.900. The minimum Gasteiger partial charge on any atom is -0.351 e. The molecule has 0 unspecified atom stereocenters. The first-order valence-electron chi connectivity index (χ1n) is 5.86. The standard InChI is InChI=1S/C10H10F11NO2/c1-4(2)3-22-5(23)6(11,8(14,15)16)24-10(20,21)7(12,13)9(17,18)19/h4H,3H2,1-2H3,(H,22,23)/t6-/m0/s1. The molecule has 0 aliphatic carbocycles. The van der Waals surface area contributed by atoms with E-state index >= 15 is 0 Å². The van der Waals surface area contributed by atoms with E-state index in [1.165, 1.54) is 13.8 Å². The Morgan fingerprint density at radius 2 is 1.29 bits per heavy atom. The van der Waals surface area contributed by atoms with Gasteiger partial charge in [-0.05, 0) is 5.92 Å². The summed E-state index contributed by atoms with van der Waals surface area (Å²) in [6.45, 7) is 1.83. The van der Waals surface area contributed by atoms with E-state index < -0.39 is 48.6 Å². The first-order valence-corrected chi connectivity index (χ1v) is 5.86. The Balaban J connectivity index is 5.78. The first kappa shape index (κ1) is 22.7. The summed E-state index contributed by atoms with van der Waals surface area (Å²) in [5.41, 5.74) is 0. The molecule has 0 aliphatic rings. The molecule has 0 spiro atoms. The minimum absolute atomic E-state index is 0.636. The fourth-order valence-electron chi connectivity index (χ4n) is 1.05. The van der Waals surface area contributed by atoms with Gasteiger partial charge in [-0.1, -0.05) is 13.8 Å². The number of hydrogen-bond donors (Lipinski definition) is 1. The quantitative estimate of drug-likeness (QED) is 0.707. The summed E-state index contributed by atoms with van der Waals surface area (Å²) < 4.78 is 139. The summed E-state index contributed by atoms with van der Waals surface area (Å²) in [6.07, 6.45) is -20.8. The molecular formula is C10H10F11NO2. The molecular weight excluding hydrogens is 375 g/mol. The van der Waals surface area contributed by atoms with Gasteiger partial charge in [-0.25, -0.2) is 0 Å². The molecule has 1 atom stereocenters. The predicted molar refractivity (Wildman–Crippen MR) is 54.8 cm³/mol. The molecule has 144 valence electrons. The normalized spacial score (nSPS) is 16.9. The average Bonchev–Trinajstić information content (AvgIpc) is 2.31. The average molecular weight is 385 g/mol. The second kappa shape index (κ2) is 6.52. The number of rotatable bonds is 6. The summed E-state index contributed by atoms with van der Waals surface area (Å²) in [5.74, 6) is -17.0. The Morgan fingerprint density at radius 3 is 1.58 bits per heavy atom. The molecule has 0 radical (unpaired) electrons. The summed E-state index contributed by atoms with van der Waals surface area (Å²) in [5, 5.41) is 1.12. The zero-order valence-corrected chi connectivity index (χ0v) is 11.8. The molecule has 1 amide bonds. The van der Waals surface area contributed by atoms with Gasteiger partial charge in [0.15, 0.2) is 0 Å². The van der Waals surface area contributed by atoms with Crippen LogP contribution < -0.4 is 5.32 Å². The van der Waals surface area contributed by atoms with Gasteiger partial charge in [-0.15, -0.1) is 0 Å². The molecule has 0 aromatic heterocycles. The van der Waals surface area contributed by atoms with Gasteiger partial charge in [0.1, 0.15) is 0 Å². The van der Waals surface area contributed by atoms with Gasteiger partial charge in [0.2, 0.25) is 0 Å². The predicted octanol–water partition coefficient (Wildman–Crippen LogP) is 3.79. The van der Waals surface area contributed by atoms with Crippen LogP contribution in [0.15, 0.2) is 0 Å². The number of hydrogen-bond acceptors (Lipinski definition) is 2. The van der Waals surface area contributed by atoms with E-state index in [9.17, 15) is 53.1 Å². The molecule has 1 N–H and O–H groups in total. The van der Waals surface area contributed by atoms with Crippen LogP contribution in [0.3, 0.4) is 0 Å². The van der Waals surface area contributed by atoms with Crippen LogP contribution in [-0.4, -0.2) is 42.7 Å². The van der Waals surface area contributed by atoms with E-state index in [-0.39, 0.29) is 0 Å². The highest BCUT2D eigenvalue weighted by Gasteiger charge is 2.79. The third-order valence-electron chi connectivity index (χ3n) is 2.32. The lowest BCUT2D eigenvalue weighted by Gasteiger charge is -2.34. The van der Waals surface area contributed by atoms with E-state index in [2.05, 4.69) is 4.74 Å². The number of carbonyl (C=O) groups is 1. The van der Waals surface area contributed by atoms with Crippen LogP contribution >= 0.6 is 0 Å². The number of carbonyl (C=O) groups excluding carboxylic acids is 1. The highest BCUT2D eigenvalue weighted by Crippen LogP contribution is 2.50.